The number of nitrogens with one attached hydrogen (secondary N) is 1. The van der Waals surface area contributed by atoms with Gasteiger partial charge in [-0.1, -0.05) is 0 Å². The number of amides is 1. The lowest BCUT2D eigenvalue weighted by atomic mass is 10.1. The summed E-state index contributed by atoms with van der Waals surface area (Å²) < 4.78 is 46.8. The second-order valence-corrected chi connectivity index (χ2v) is 8.66. The van der Waals surface area contributed by atoms with Crippen molar-refractivity contribution in [1.29, 1.82) is 0 Å². The largest absolute Gasteiger partial charge is 0.417 e. The Bertz CT molecular complexity index is 905. The summed E-state index contributed by atoms with van der Waals surface area (Å²) in [7, 11) is 1.45. The van der Waals surface area contributed by atoms with Crippen LogP contribution >= 0.6 is 11.3 Å². The number of alkyl halides is 3. The van der Waals surface area contributed by atoms with E-state index in [1.165, 1.54) is 25.3 Å². The van der Waals surface area contributed by atoms with Crippen LogP contribution in [-0.4, -0.2) is 68.8 Å². The van der Waals surface area contributed by atoms with E-state index in [9.17, 15) is 18.0 Å². The molecule has 2 aromatic rings. The summed E-state index contributed by atoms with van der Waals surface area (Å²) in [4.78, 5) is 20.7. The fourth-order valence-corrected chi connectivity index (χ4v) is 4.62. The van der Waals surface area contributed by atoms with Crippen molar-refractivity contribution >= 4 is 33.3 Å². The molecule has 0 atom stereocenters. The van der Waals surface area contributed by atoms with Gasteiger partial charge in [-0.2, -0.15) is 13.2 Å². The summed E-state index contributed by atoms with van der Waals surface area (Å²) in [5.74, 6) is 0.570. The van der Waals surface area contributed by atoms with Crippen molar-refractivity contribution < 1.29 is 22.7 Å². The molecule has 2 aliphatic rings. The molecule has 10 heteroatoms. The zero-order chi connectivity index (χ0) is 21.3. The summed E-state index contributed by atoms with van der Waals surface area (Å²) in [5, 5.41) is 3.91. The van der Waals surface area contributed by atoms with Crippen molar-refractivity contribution in [2.24, 2.45) is 5.92 Å². The maximum atomic E-state index is 13.7. The molecule has 3 heterocycles. The van der Waals surface area contributed by atoms with Crippen LogP contribution < -0.4 is 10.2 Å². The second-order valence-electron chi connectivity index (χ2n) is 7.78. The Morgan fingerprint density at radius 2 is 2.03 bits per heavy atom. The molecule has 1 aliphatic heterocycles. The molecule has 0 unspecified atom stereocenters. The SMILES string of the molecule is CNC(=O)c1csc2c(C(F)(F)F)cc(N3CCN(CCOCC4CC4)CC3)nc12. The van der Waals surface area contributed by atoms with Crippen LogP contribution in [0.2, 0.25) is 0 Å². The van der Waals surface area contributed by atoms with Crippen molar-refractivity contribution in [2.75, 3.05) is 57.9 Å². The Hall–Kier alpha value is -1.91. The quantitative estimate of drug-likeness (QED) is 0.668. The van der Waals surface area contributed by atoms with E-state index in [-0.39, 0.29) is 21.6 Å². The van der Waals surface area contributed by atoms with E-state index in [0.717, 1.165) is 49.6 Å². The standard InChI is InChI=1S/C20H25F3N4O2S/c1-24-19(28)14-12-30-18-15(20(21,22)23)10-16(25-17(14)18)27-6-4-26(5-7-27)8-9-29-11-13-2-3-13/h10,12-13H,2-9,11H2,1H3,(H,24,28). The summed E-state index contributed by atoms with van der Waals surface area (Å²) >= 11 is 0.900. The van der Waals surface area contributed by atoms with Crippen molar-refractivity contribution in [3.8, 4) is 0 Å². The number of rotatable bonds is 7. The molecule has 0 spiro atoms. The van der Waals surface area contributed by atoms with E-state index < -0.39 is 17.6 Å². The maximum absolute atomic E-state index is 13.7. The van der Waals surface area contributed by atoms with E-state index >= 15 is 0 Å². The van der Waals surface area contributed by atoms with Crippen LogP contribution in [-0.2, 0) is 10.9 Å². The highest BCUT2D eigenvalue weighted by molar-refractivity contribution is 7.17. The number of ether oxygens (including phenoxy) is 1. The molecule has 0 radical (unpaired) electrons. The Morgan fingerprint density at radius 3 is 2.67 bits per heavy atom. The van der Waals surface area contributed by atoms with E-state index in [1.54, 1.807) is 0 Å². The molecule has 164 valence electrons. The first-order valence-corrected chi connectivity index (χ1v) is 11.0. The molecule has 1 aliphatic carbocycles. The topological polar surface area (TPSA) is 57.7 Å². The molecule has 1 amide bonds. The van der Waals surface area contributed by atoms with Crippen molar-refractivity contribution in [3.63, 3.8) is 0 Å². The van der Waals surface area contributed by atoms with Crippen LogP contribution in [0.15, 0.2) is 11.4 Å². The summed E-state index contributed by atoms with van der Waals surface area (Å²) in [6.45, 7) is 4.98. The lowest BCUT2D eigenvalue weighted by molar-refractivity contribution is -0.136. The normalized spacial score (nSPS) is 18.2. The molecule has 30 heavy (non-hydrogen) atoms. The number of piperazine rings is 1. The fraction of sp³-hybridized carbons (Fsp3) is 0.600. The van der Waals surface area contributed by atoms with Gasteiger partial charge in [-0.05, 0) is 24.8 Å². The summed E-state index contributed by atoms with van der Waals surface area (Å²) in [5.41, 5.74) is -0.449. The van der Waals surface area contributed by atoms with Crippen LogP contribution in [0.1, 0.15) is 28.8 Å². The van der Waals surface area contributed by atoms with Crippen LogP contribution in [0.25, 0.3) is 10.2 Å². The van der Waals surface area contributed by atoms with Crippen LogP contribution in [0, 0.1) is 5.92 Å². The highest BCUT2D eigenvalue weighted by Gasteiger charge is 2.36. The number of carbonyl (C=O) groups is 1. The Kier molecular flexibility index (Phi) is 6.17. The van der Waals surface area contributed by atoms with E-state index in [1.807, 2.05) is 4.90 Å². The molecule has 1 saturated heterocycles. The van der Waals surface area contributed by atoms with Crippen molar-refractivity contribution in [1.82, 2.24) is 15.2 Å². The fourth-order valence-electron chi connectivity index (χ4n) is 3.59. The lowest BCUT2D eigenvalue weighted by Gasteiger charge is -2.35. The average Bonchev–Trinajstić information content (AvgIpc) is 3.46. The molecule has 1 N–H and O–H groups in total. The van der Waals surface area contributed by atoms with Gasteiger partial charge in [0.15, 0.2) is 0 Å². The Morgan fingerprint density at radius 1 is 1.30 bits per heavy atom. The molecule has 2 aromatic heterocycles. The predicted octanol–water partition coefficient (Wildman–Crippen LogP) is 3.22. The summed E-state index contributed by atoms with van der Waals surface area (Å²) in [6.07, 6.45) is -1.98. The molecule has 0 bridgehead atoms. The number of thiophene rings is 1. The van der Waals surface area contributed by atoms with Gasteiger partial charge in [0, 0.05) is 51.8 Å². The van der Waals surface area contributed by atoms with Crippen molar-refractivity contribution in [2.45, 2.75) is 19.0 Å². The van der Waals surface area contributed by atoms with Gasteiger partial charge in [0.1, 0.15) is 5.82 Å². The minimum Gasteiger partial charge on any atom is -0.380 e. The predicted molar refractivity (Wildman–Crippen MR) is 110 cm³/mol. The van der Waals surface area contributed by atoms with Gasteiger partial charge in [-0.15, -0.1) is 11.3 Å². The van der Waals surface area contributed by atoms with E-state index in [2.05, 4.69) is 15.2 Å². The third kappa shape index (κ3) is 4.70. The Labute approximate surface area is 177 Å². The molecule has 6 nitrogen and oxygen atoms in total. The number of anilines is 1. The number of fused-ring (bicyclic) bond motifs is 1. The van der Waals surface area contributed by atoms with Crippen LogP contribution in [0.4, 0.5) is 19.0 Å². The van der Waals surface area contributed by atoms with Crippen molar-refractivity contribution in [3.05, 3.63) is 22.6 Å². The number of carbonyl (C=O) groups excluding carboxylic acids is 1. The monoisotopic (exact) mass is 442 g/mol. The average molecular weight is 443 g/mol. The van der Waals surface area contributed by atoms with Crippen LogP contribution in [0.3, 0.4) is 0 Å². The van der Waals surface area contributed by atoms with Gasteiger partial charge in [-0.25, -0.2) is 4.98 Å². The van der Waals surface area contributed by atoms with Gasteiger partial charge in [-0.3, -0.25) is 9.69 Å². The van der Waals surface area contributed by atoms with E-state index in [0.29, 0.717) is 19.7 Å². The highest BCUT2D eigenvalue weighted by atomic mass is 32.1. The third-order valence-electron chi connectivity index (χ3n) is 5.58. The van der Waals surface area contributed by atoms with Gasteiger partial charge in [0.25, 0.3) is 5.91 Å². The van der Waals surface area contributed by atoms with Gasteiger partial charge >= 0.3 is 6.18 Å². The number of hydrogen-bond acceptors (Lipinski definition) is 6. The number of hydrogen-bond donors (Lipinski definition) is 1. The third-order valence-corrected chi connectivity index (χ3v) is 6.59. The first-order chi connectivity index (χ1) is 14.4. The lowest BCUT2D eigenvalue weighted by Crippen LogP contribution is -2.47. The zero-order valence-electron chi connectivity index (χ0n) is 16.8. The highest BCUT2D eigenvalue weighted by Crippen LogP contribution is 2.40. The smallest absolute Gasteiger partial charge is 0.380 e. The minimum atomic E-state index is -4.51. The summed E-state index contributed by atoms with van der Waals surface area (Å²) in [6, 6.07) is 1.11. The number of pyridine rings is 1. The molecular weight excluding hydrogens is 417 g/mol. The molecule has 0 aromatic carbocycles. The van der Waals surface area contributed by atoms with Gasteiger partial charge < -0.3 is 15.0 Å². The van der Waals surface area contributed by atoms with E-state index in [4.69, 9.17) is 4.74 Å². The zero-order valence-corrected chi connectivity index (χ0v) is 17.6. The molecule has 1 saturated carbocycles. The first kappa shape index (κ1) is 21.3. The molecule has 4 rings (SSSR count). The number of nitrogens with zero attached hydrogens (tertiary/aromatic N) is 3. The minimum absolute atomic E-state index is 0.00343. The molecular formula is C20H25F3N4O2S. The maximum Gasteiger partial charge on any atom is 0.417 e. The Balaban J connectivity index is 1.48. The number of halogens is 3. The second kappa shape index (κ2) is 8.68. The van der Waals surface area contributed by atoms with Crippen LogP contribution in [0.5, 0.6) is 0 Å². The molecule has 2 fully saturated rings. The number of aromatic nitrogens is 1. The van der Waals surface area contributed by atoms with Gasteiger partial charge in [0.2, 0.25) is 0 Å². The first-order valence-electron chi connectivity index (χ1n) is 10.1. The van der Waals surface area contributed by atoms with Gasteiger partial charge in [0.05, 0.1) is 28.0 Å².